The molecule has 2 rings (SSSR count). The molecular formula is C21H24N4. The van der Waals surface area contributed by atoms with Crippen LogP contribution in [0, 0.1) is 36.5 Å². The van der Waals surface area contributed by atoms with Gasteiger partial charge in [0.1, 0.15) is 0 Å². The van der Waals surface area contributed by atoms with Crippen LogP contribution in [0.2, 0.25) is 0 Å². The fourth-order valence-electron chi connectivity index (χ4n) is 2.70. The molecule has 0 unspecified atom stereocenters. The summed E-state index contributed by atoms with van der Waals surface area (Å²) in [6, 6.07) is 21.2. The van der Waals surface area contributed by atoms with Crippen molar-refractivity contribution in [3.63, 3.8) is 0 Å². The molecule has 0 aromatic heterocycles. The number of nitriles is 2. The third-order valence-corrected chi connectivity index (χ3v) is 4.04. The van der Waals surface area contributed by atoms with Gasteiger partial charge in [-0.2, -0.15) is 10.5 Å². The Morgan fingerprint density at radius 2 is 1.04 bits per heavy atom. The highest BCUT2D eigenvalue weighted by molar-refractivity contribution is 5.22. The van der Waals surface area contributed by atoms with Crippen molar-refractivity contribution < 1.29 is 0 Å². The van der Waals surface area contributed by atoms with Crippen LogP contribution in [0.1, 0.15) is 22.3 Å². The molecule has 0 saturated heterocycles. The van der Waals surface area contributed by atoms with Gasteiger partial charge in [0.25, 0.3) is 0 Å². The summed E-state index contributed by atoms with van der Waals surface area (Å²) in [6.45, 7) is 6.78. The van der Waals surface area contributed by atoms with Crippen molar-refractivity contribution in [2.45, 2.75) is 26.9 Å². The van der Waals surface area contributed by atoms with Crippen LogP contribution in [0.25, 0.3) is 0 Å². The van der Waals surface area contributed by atoms with E-state index < -0.39 is 0 Å². The van der Waals surface area contributed by atoms with Crippen molar-refractivity contribution in [2.75, 3.05) is 19.8 Å². The monoisotopic (exact) mass is 332 g/mol. The van der Waals surface area contributed by atoms with Crippen molar-refractivity contribution >= 4 is 0 Å². The van der Waals surface area contributed by atoms with Crippen molar-refractivity contribution in [3.8, 4) is 12.1 Å². The Hall–Kier alpha value is -2.66. The van der Waals surface area contributed by atoms with Gasteiger partial charge in [-0.15, -0.1) is 0 Å². The zero-order chi connectivity index (χ0) is 18.1. The minimum Gasteiger partial charge on any atom is -0.273 e. The molecule has 0 spiro atoms. The minimum atomic E-state index is 0.337. The summed E-state index contributed by atoms with van der Waals surface area (Å²) in [6.07, 6.45) is 0. The van der Waals surface area contributed by atoms with Crippen LogP contribution in [-0.2, 0) is 13.1 Å². The van der Waals surface area contributed by atoms with Gasteiger partial charge in [0.15, 0.2) is 0 Å². The Morgan fingerprint density at radius 1 is 0.680 bits per heavy atom. The standard InChI is InChI=1S/C21H24N4/c1-18-3-7-20(8-4-18)15-24(13-11-22)17-25(14-12-23)16-21-9-5-19(2)6-10-21/h3-10H,13-17H2,1-2H3. The molecule has 0 fully saturated rings. The number of aryl methyl sites for hydroxylation is 2. The summed E-state index contributed by atoms with van der Waals surface area (Å²) < 4.78 is 0. The number of rotatable bonds is 8. The fourth-order valence-corrected chi connectivity index (χ4v) is 2.70. The van der Waals surface area contributed by atoms with E-state index in [0.29, 0.717) is 32.8 Å². The quantitative estimate of drug-likeness (QED) is 0.547. The van der Waals surface area contributed by atoms with Gasteiger partial charge in [-0.25, -0.2) is 0 Å². The lowest BCUT2D eigenvalue weighted by molar-refractivity contribution is 0.144. The largest absolute Gasteiger partial charge is 0.273 e. The molecule has 0 amide bonds. The number of nitrogens with zero attached hydrogens (tertiary/aromatic N) is 4. The van der Waals surface area contributed by atoms with E-state index in [1.54, 1.807) is 0 Å². The van der Waals surface area contributed by atoms with Gasteiger partial charge in [0.2, 0.25) is 0 Å². The summed E-state index contributed by atoms with van der Waals surface area (Å²) >= 11 is 0. The third-order valence-electron chi connectivity index (χ3n) is 4.04. The molecule has 0 saturated carbocycles. The second-order valence-corrected chi connectivity index (χ2v) is 6.40. The van der Waals surface area contributed by atoms with E-state index in [-0.39, 0.29) is 0 Å². The molecule has 2 aromatic carbocycles. The van der Waals surface area contributed by atoms with Crippen molar-refractivity contribution in [3.05, 3.63) is 70.8 Å². The molecule has 0 bridgehead atoms. The maximum Gasteiger partial charge on any atom is 0.0879 e. The van der Waals surface area contributed by atoms with Crippen LogP contribution in [0.4, 0.5) is 0 Å². The van der Waals surface area contributed by atoms with Gasteiger partial charge in [0, 0.05) is 13.1 Å². The van der Waals surface area contributed by atoms with E-state index in [4.69, 9.17) is 10.5 Å². The zero-order valence-corrected chi connectivity index (χ0v) is 14.9. The van der Waals surface area contributed by atoms with Gasteiger partial charge in [-0.3, -0.25) is 9.80 Å². The number of hydrogen-bond acceptors (Lipinski definition) is 4. The Labute approximate surface area is 150 Å². The van der Waals surface area contributed by atoms with Crippen LogP contribution >= 0.6 is 0 Å². The van der Waals surface area contributed by atoms with E-state index in [1.165, 1.54) is 22.3 Å². The normalized spacial score (nSPS) is 10.6. The van der Waals surface area contributed by atoms with E-state index in [1.807, 2.05) is 0 Å². The van der Waals surface area contributed by atoms with E-state index in [0.717, 1.165) is 0 Å². The minimum absolute atomic E-state index is 0.337. The molecule has 0 aliphatic rings. The van der Waals surface area contributed by atoms with Gasteiger partial charge in [-0.05, 0) is 25.0 Å². The average molecular weight is 332 g/mol. The lowest BCUT2D eigenvalue weighted by Crippen LogP contribution is -2.37. The van der Waals surface area contributed by atoms with E-state index >= 15 is 0 Å². The van der Waals surface area contributed by atoms with Crippen molar-refractivity contribution in [2.24, 2.45) is 0 Å². The van der Waals surface area contributed by atoms with Crippen LogP contribution in [0.15, 0.2) is 48.5 Å². The molecule has 128 valence electrons. The lowest BCUT2D eigenvalue weighted by atomic mass is 10.1. The van der Waals surface area contributed by atoms with Gasteiger partial charge in [-0.1, -0.05) is 59.7 Å². The van der Waals surface area contributed by atoms with E-state index in [2.05, 4.69) is 84.3 Å². The van der Waals surface area contributed by atoms with Crippen molar-refractivity contribution in [1.29, 1.82) is 10.5 Å². The SMILES string of the molecule is Cc1ccc(CN(CC#N)CN(CC#N)Cc2ccc(C)cc2)cc1. The highest BCUT2D eigenvalue weighted by Crippen LogP contribution is 2.11. The Morgan fingerprint density at radius 3 is 1.36 bits per heavy atom. The summed E-state index contributed by atoms with van der Waals surface area (Å²) in [5.74, 6) is 0. The first-order valence-electron chi connectivity index (χ1n) is 8.40. The topological polar surface area (TPSA) is 54.1 Å². The maximum atomic E-state index is 9.15. The maximum absolute atomic E-state index is 9.15. The first kappa shape index (κ1) is 18.7. The molecule has 2 aromatic rings. The molecule has 4 nitrogen and oxygen atoms in total. The summed E-state index contributed by atoms with van der Waals surface area (Å²) in [7, 11) is 0. The third kappa shape index (κ3) is 6.39. The highest BCUT2D eigenvalue weighted by atomic mass is 15.3. The molecule has 0 atom stereocenters. The summed E-state index contributed by atoms with van der Waals surface area (Å²) in [5.41, 5.74) is 4.79. The Bertz CT molecular complexity index is 670. The molecule has 0 N–H and O–H groups in total. The predicted molar refractivity (Wildman–Crippen MR) is 99.3 cm³/mol. The summed E-state index contributed by atoms with van der Waals surface area (Å²) in [4.78, 5) is 4.13. The zero-order valence-electron chi connectivity index (χ0n) is 14.9. The van der Waals surface area contributed by atoms with Crippen LogP contribution < -0.4 is 0 Å². The molecule has 0 heterocycles. The summed E-state index contributed by atoms with van der Waals surface area (Å²) in [5, 5.41) is 18.3. The number of hydrogen-bond donors (Lipinski definition) is 0. The first-order valence-corrected chi connectivity index (χ1v) is 8.40. The fraction of sp³-hybridized carbons (Fsp3) is 0.333. The molecule has 0 aliphatic heterocycles. The van der Waals surface area contributed by atoms with Crippen molar-refractivity contribution in [1.82, 2.24) is 9.80 Å². The lowest BCUT2D eigenvalue weighted by Gasteiger charge is -2.27. The average Bonchev–Trinajstić information content (AvgIpc) is 2.59. The van der Waals surface area contributed by atoms with Gasteiger partial charge in [0.05, 0.1) is 31.9 Å². The van der Waals surface area contributed by atoms with E-state index in [9.17, 15) is 0 Å². The molecule has 0 radical (unpaired) electrons. The molecule has 0 aliphatic carbocycles. The second-order valence-electron chi connectivity index (χ2n) is 6.40. The van der Waals surface area contributed by atoms with Gasteiger partial charge >= 0.3 is 0 Å². The smallest absolute Gasteiger partial charge is 0.0879 e. The van der Waals surface area contributed by atoms with Gasteiger partial charge < -0.3 is 0 Å². The molecule has 4 heteroatoms. The molecular weight excluding hydrogens is 308 g/mol. The molecule has 25 heavy (non-hydrogen) atoms. The Kier molecular flexibility index (Phi) is 7.16. The highest BCUT2D eigenvalue weighted by Gasteiger charge is 2.12. The Balaban J connectivity index is 2.04. The van der Waals surface area contributed by atoms with Crippen LogP contribution in [0.3, 0.4) is 0 Å². The number of benzene rings is 2. The van der Waals surface area contributed by atoms with Crippen LogP contribution in [0.5, 0.6) is 0 Å². The predicted octanol–water partition coefficient (Wildman–Crippen LogP) is 3.61. The first-order chi connectivity index (χ1) is 12.1. The second kappa shape index (κ2) is 9.59. The van der Waals surface area contributed by atoms with Crippen LogP contribution in [-0.4, -0.2) is 29.6 Å².